The van der Waals surface area contributed by atoms with Gasteiger partial charge in [0.05, 0.1) is 22.9 Å². The lowest BCUT2D eigenvalue weighted by molar-refractivity contribution is -0.137. The van der Waals surface area contributed by atoms with Gasteiger partial charge in [-0.05, 0) is 54.3 Å². The van der Waals surface area contributed by atoms with Gasteiger partial charge in [0.1, 0.15) is 5.82 Å². The van der Waals surface area contributed by atoms with Crippen LogP contribution in [-0.2, 0) is 6.18 Å². The predicted octanol–water partition coefficient (Wildman–Crippen LogP) is 5.51. The summed E-state index contributed by atoms with van der Waals surface area (Å²) < 4.78 is 52.9. The molecule has 0 unspecified atom stereocenters. The molecule has 0 spiro atoms. The molecule has 2 nitrogen and oxygen atoms in total. The number of alkyl halides is 3. The first-order valence-electron chi connectivity index (χ1n) is 8.22. The molecular formula is C20H16F4N2. The minimum Gasteiger partial charge on any atom is -0.369 e. The van der Waals surface area contributed by atoms with Gasteiger partial charge < -0.3 is 4.90 Å². The number of benzene rings is 2. The third kappa shape index (κ3) is 3.88. The molecule has 134 valence electrons. The summed E-state index contributed by atoms with van der Waals surface area (Å²) in [4.78, 5) is 1.96. The van der Waals surface area contributed by atoms with Crippen LogP contribution in [0.5, 0.6) is 0 Å². The fourth-order valence-corrected chi connectivity index (χ4v) is 3.04. The van der Waals surface area contributed by atoms with Crippen LogP contribution in [0.2, 0.25) is 0 Å². The molecule has 1 heterocycles. The minimum atomic E-state index is -4.49. The van der Waals surface area contributed by atoms with Crippen LogP contribution in [0.15, 0.2) is 42.5 Å². The monoisotopic (exact) mass is 360 g/mol. The number of hydrogen-bond donors (Lipinski definition) is 0. The van der Waals surface area contributed by atoms with Crippen molar-refractivity contribution in [3.8, 4) is 6.07 Å². The van der Waals surface area contributed by atoms with Gasteiger partial charge in [-0.3, -0.25) is 0 Å². The van der Waals surface area contributed by atoms with E-state index in [-0.39, 0.29) is 11.1 Å². The standard InChI is InChI=1S/C20H16F4N2/c21-18-11-14(6-7-19(18)26-8-1-2-9-26)10-16(13-25)15-4-3-5-17(12-15)20(22,23)24/h3-7,10-12H,1-2,8-9H2/b16-10-. The van der Waals surface area contributed by atoms with E-state index >= 15 is 0 Å². The van der Waals surface area contributed by atoms with E-state index in [0.29, 0.717) is 11.3 Å². The molecule has 1 aliphatic rings. The molecule has 0 aliphatic carbocycles. The van der Waals surface area contributed by atoms with Crippen molar-refractivity contribution in [2.75, 3.05) is 18.0 Å². The molecule has 0 saturated carbocycles. The van der Waals surface area contributed by atoms with E-state index in [2.05, 4.69) is 0 Å². The normalized spacial score (nSPS) is 15.2. The van der Waals surface area contributed by atoms with Gasteiger partial charge in [-0.2, -0.15) is 18.4 Å². The van der Waals surface area contributed by atoms with Gasteiger partial charge in [-0.25, -0.2) is 4.39 Å². The number of halogens is 4. The van der Waals surface area contributed by atoms with Gasteiger partial charge in [0, 0.05) is 13.1 Å². The van der Waals surface area contributed by atoms with Crippen LogP contribution in [0.4, 0.5) is 23.2 Å². The number of nitrogens with zero attached hydrogens (tertiary/aromatic N) is 2. The van der Waals surface area contributed by atoms with Crippen molar-refractivity contribution < 1.29 is 17.6 Å². The van der Waals surface area contributed by atoms with Gasteiger partial charge >= 0.3 is 6.18 Å². The van der Waals surface area contributed by atoms with Gasteiger partial charge in [0.25, 0.3) is 0 Å². The van der Waals surface area contributed by atoms with Crippen molar-refractivity contribution in [2.45, 2.75) is 19.0 Å². The maximum absolute atomic E-state index is 14.4. The molecule has 1 fully saturated rings. The molecule has 26 heavy (non-hydrogen) atoms. The summed E-state index contributed by atoms with van der Waals surface area (Å²) >= 11 is 0. The highest BCUT2D eigenvalue weighted by molar-refractivity contribution is 5.89. The van der Waals surface area contributed by atoms with Crippen molar-refractivity contribution >= 4 is 17.3 Å². The Kier molecular flexibility index (Phi) is 4.99. The molecule has 0 atom stereocenters. The molecule has 3 rings (SSSR count). The first-order valence-corrected chi connectivity index (χ1v) is 8.22. The van der Waals surface area contributed by atoms with Crippen molar-refractivity contribution in [2.24, 2.45) is 0 Å². The minimum absolute atomic E-state index is 0.0458. The lowest BCUT2D eigenvalue weighted by Gasteiger charge is -2.18. The maximum Gasteiger partial charge on any atom is 0.416 e. The van der Waals surface area contributed by atoms with E-state index in [1.165, 1.54) is 24.3 Å². The number of hydrogen-bond acceptors (Lipinski definition) is 2. The van der Waals surface area contributed by atoms with Crippen molar-refractivity contribution in [1.29, 1.82) is 5.26 Å². The summed E-state index contributed by atoms with van der Waals surface area (Å²) in [6.45, 7) is 1.61. The van der Waals surface area contributed by atoms with Crippen LogP contribution in [0.1, 0.15) is 29.5 Å². The van der Waals surface area contributed by atoms with E-state index in [1.54, 1.807) is 12.1 Å². The van der Waals surface area contributed by atoms with Crippen LogP contribution in [0.3, 0.4) is 0 Å². The SMILES string of the molecule is N#C/C(=C/c1ccc(N2CCCC2)c(F)c1)c1cccc(C(F)(F)F)c1. The lowest BCUT2D eigenvalue weighted by Crippen LogP contribution is -2.18. The predicted molar refractivity (Wildman–Crippen MR) is 92.8 cm³/mol. The van der Waals surface area contributed by atoms with Crippen LogP contribution in [0.25, 0.3) is 11.6 Å². The first kappa shape index (κ1) is 18.0. The van der Waals surface area contributed by atoms with Gasteiger partial charge in [0.15, 0.2) is 0 Å². The molecule has 0 N–H and O–H groups in total. The Balaban J connectivity index is 1.92. The fraction of sp³-hybridized carbons (Fsp3) is 0.250. The highest BCUT2D eigenvalue weighted by atomic mass is 19.4. The summed E-state index contributed by atoms with van der Waals surface area (Å²) in [6, 6.07) is 11.1. The summed E-state index contributed by atoms with van der Waals surface area (Å²) in [5.74, 6) is -0.401. The fourth-order valence-electron chi connectivity index (χ4n) is 3.04. The summed E-state index contributed by atoms with van der Waals surface area (Å²) in [6.07, 6.45) is -1.04. The van der Waals surface area contributed by atoms with Gasteiger partial charge in [-0.15, -0.1) is 0 Å². The number of nitriles is 1. The van der Waals surface area contributed by atoms with Crippen molar-refractivity contribution in [1.82, 2.24) is 0 Å². The summed E-state index contributed by atoms with van der Waals surface area (Å²) in [5, 5.41) is 9.33. The Hall–Kier alpha value is -2.81. The average molecular weight is 360 g/mol. The molecule has 1 saturated heterocycles. The zero-order valence-electron chi connectivity index (χ0n) is 13.9. The zero-order chi connectivity index (χ0) is 18.7. The molecule has 6 heteroatoms. The Morgan fingerprint density at radius 2 is 1.81 bits per heavy atom. The second-order valence-electron chi connectivity index (χ2n) is 6.15. The zero-order valence-corrected chi connectivity index (χ0v) is 13.9. The van der Waals surface area contributed by atoms with Crippen LogP contribution >= 0.6 is 0 Å². The first-order chi connectivity index (χ1) is 12.4. The van der Waals surface area contributed by atoms with E-state index in [4.69, 9.17) is 0 Å². The Morgan fingerprint density at radius 3 is 2.42 bits per heavy atom. The quantitative estimate of drug-likeness (QED) is 0.410. The van der Waals surface area contributed by atoms with Gasteiger partial charge in [-0.1, -0.05) is 18.2 Å². The topological polar surface area (TPSA) is 27.0 Å². The second kappa shape index (κ2) is 7.20. The lowest BCUT2D eigenvalue weighted by atomic mass is 10.0. The van der Waals surface area contributed by atoms with Crippen LogP contribution in [0, 0.1) is 17.1 Å². The average Bonchev–Trinajstić information content (AvgIpc) is 3.13. The highest BCUT2D eigenvalue weighted by Crippen LogP contribution is 2.31. The molecule has 0 amide bonds. The molecular weight excluding hydrogens is 344 g/mol. The second-order valence-corrected chi connectivity index (χ2v) is 6.15. The van der Waals surface area contributed by atoms with Gasteiger partial charge in [0.2, 0.25) is 0 Å². The Labute approximate surface area is 149 Å². The maximum atomic E-state index is 14.4. The van der Waals surface area contributed by atoms with E-state index in [9.17, 15) is 22.8 Å². The highest BCUT2D eigenvalue weighted by Gasteiger charge is 2.30. The molecule has 2 aromatic carbocycles. The molecule has 0 aromatic heterocycles. The summed E-state index contributed by atoms with van der Waals surface area (Å²) in [7, 11) is 0. The number of anilines is 1. The third-order valence-electron chi connectivity index (χ3n) is 4.35. The Bertz CT molecular complexity index is 872. The van der Waals surface area contributed by atoms with E-state index in [0.717, 1.165) is 38.1 Å². The smallest absolute Gasteiger partial charge is 0.369 e. The van der Waals surface area contributed by atoms with E-state index < -0.39 is 17.6 Å². The molecule has 0 radical (unpaired) electrons. The molecule has 1 aliphatic heterocycles. The van der Waals surface area contributed by atoms with Crippen molar-refractivity contribution in [3.63, 3.8) is 0 Å². The van der Waals surface area contributed by atoms with E-state index in [1.807, 2.05) is 11.0 Å². The number of rotatable bonds is 3. The van der Waals surface area contributed by atoms with Crippen LogP contribution < -0.4 is 4.90 Å². The summed E-state index contributed by atoms with van der Waals surface area (Å²) in [5.41, 5.74) is 0.305. The van der Waals surface area contributed by atoms with Crippen LogP contribution in [-0.4, -0.2) is 13.1 Å². The Morgan fingerprint density at radius 1 is 1.08 bits per heavy atom. The molecule has 2 aromatic rings. The number of allylic oxidation sites excluding steroid dienone is 1. The molecule has 0 bridgehead atoms. The van der Waals surface area contributed by atoms with Crippen molar-refractivity contribution in [3.05, 3.63) is 65.0 Å². The third-order valence-corrected chi connectivity index (χ3v) is 4.35. The largest absolute Gasteiger partial charge is 0.416 e.